The highest BCUT2D eigenvalue weighted by atomic mass is 32.2. The third-order valence-corrected chi connectivity index (χ3v) is 4.97. The van der Waals surface area contributed by atoms with Gasteiger partial charge in [0.25, 0.3) is 0 Å². The summed E-state index contributed by atoms with van der Waals surface area (Å²) in [7, 11) is 1.80. The second kappa shape index (κ2) is 7.13. The van der Waals surface area contributed by atoms with Gasteiger partial charge in [-0.1, -0.05) is 6.92 Å². The van der Waals surface area contributed by atoms with Gasteiger partial charge in [0.15, 0.2) is 0 Å². The Kier molecular flexibility index (Phi) is 6.45. The van der Waals surface area contributed by atoms with Gasteiger partial charge in [-0.25, -0.2) is 0 Å². The standard InChI is InChI=1S/C14H30N2OS/c1-11-12(2)18-8-7-16(11)13(10-17-6)9-15-14(3,4)5/h11-13,15H,7-10H2,1-6H3. The maximum absolute atomic E-state index is 5.42. The van der Waals surface area contributed by atoms with Gasteiger partial charge in [-0.3, -0.25) is 4.90 Å². The SMILES string of the molecule is COCC(CNC(C)(C)C)N1CCSC(C)C1C. The molecule has 108 valence electrons. The summed E-state index contributed by atoms with van der Waals surface area (Å²) in [5.74, 6) is 1.24. The zero-order valence-electron chi connectivity index (χ0n) is 12.8. The number of rotatable bonds is 5. The van der Waals surface area contributed by atoms with Crippen LogP contribution in [0.15, 0.2) is 0 Å². The van der Waals surface area contributed by atoms with Crippen LogP contribution in [0.4, 0.5) is 0 Å². The zero-order chi connectivity index (χ0) is 13.8. The van der Waals surface area contributed by atoms with Crippen molar-refractivity contribution in [3.63, 3.8) is 0 Å². The molecule has 0 amide bonds. The molecule has 0 spiro atoms. The van der Waals surface area contributed by atoms with Crippen molar-refractivity contribution in [3.8, 4) is 0 Å². The Bertz CT molecular complexity index is 242. The van der Waals surface area contributed by atoms with Gasteiger partial charge in [0.2, 0.25) is 0 Å². The zero-order valence-corrected chi connectivity index (χ0v) is 13.6. The van der Waals surface area contributed by atoms with Gasteiger partial charge in [0, 0.05) is 48.8 Å². The van der Waals surface area contributed by atoms with E-state index in [2.05, 4.69) is 56.6 Å². The van der Waals surface area contributed by atoms with Crippen molar-refractivity contribution < 1.29 is 4.74 Å². The number of nitrogens with one attached hydrogen (secondary N) is 1. The van der Waals surface area contributed by atoms with E-state index in [0.29, 0.717) is 17.3 Å². The summed E-state index contributed by atoms with van der Waals surface area (Å²) in [4.78, 5) is 2.61. The molecule has 1 fully saturated rings. The molecule has 1 saturated heterocycles. The Morgan fingerprint density at radius 2 is 2.06 bits per heavy atom. The molecule has 1 rings (SSSR count). The monoisotopic (exact) mass is 274 g/mol. The van der Waals surface area contributed by atoms with Gasteiger partial charge in [0.05, 0.1) is 6.61 Å². The first kappa shape index (κ1) is 16.3. The summed E-state index contributed by atoms with van der Waals surface area (Å²) >= 11 is 2.09. The van der Waals surface area contributed by atoms with Gasteiger partial charge < -0.3 is 10.1 Å². The normalized spacial score (nSPS) is 28.3. The number of methoxy groups -OCH3 is 1. The van der Waals surface area contributed by atoms with Gasteiger partial charge >= 0.3 is 0 Å². The predicted molar refractivity (Wildman–Crippen MR) is 81.5 cm³/mol. The van der Waals surface area contributed by atoms with Gasteiger partial charge in [-0.2, -0.15) is 11.8 Å². The number of nitrogens with zero attached hydrogens (tertiary/aromatic N) is 1. The molecule has 1 N–H and O–H groups in total. The maximum Gasteiger partial charge on any atom is 0.0630 e. The number of hydrogen-bond acceptors (Lipinski definition) is 4. The van der Waals surface area contributed by atoms with Crippen LogP contribution in [0.2, 0.25) is 0 Å². The highest BCUT2D eigenvalue weighted by Crippen LogP contribution is 2.26. The average Bonchev–Trinajstić information content (AvgIpc) is 2.27. The third-order valence-electron chi connectivity index (χ3n) is 3.63. The van der Waals surface area contributed by atoms with E-state index in [0.717, 1.165) is 13.2 Å². The van der Waals surface area contributed by atoms with Crippen molar-refractivity contribution >= 4 is 11.8 Å². The Balaban J connectivity index is 2.59. The average molecular weight is 274 g/mol. The maximum atomic E-state index is 5.42. The van der Waals surface area contributed by atoms with E-state index in [9.17, 15) is 0 Å². The van der Waals surface area contributed by atoms with Crippen LogP contribution in [-0.4, -0.2) is 60.3 Å². The topological polar surface area (TPSA) is 24.5 Å². The summed E-state index contributed by atoms with van der Waals surface area (Å²) in [6, 6.07) is 1.11. The molecule has 0 aromatic rings. The van der Waals surface area contributed by atoms with Gasteiger partial charge in [0.1, 0.15) is 0 Å². The summed E-state index contributed by atoms with van der Waals surface area (Å²) in [5.41, 5.74) is 0.172. The number of ether oxygens (including phenoxy) is 1. The smallest absolute Gasteiger partial charge is 0.0630 e. The first-order valence-corrected chi connectivity index (χ1v) is 8.01. The van der Waals surface area contributed by atoms with Gasteiger partial charge in [-0.05, 0) is 27.7 Å². The minimum absolute atomic E-state index is 0.172. The molecule has 3 nitrogen and oxygen atoms in total. The van der Waals surface area contributed by atoms with Crippen LogP contribution in [0, 0.1) is 0 Å². The lowest BCUT2D eigenvalue weighted by atomic mass is 10.1. The predicted octanol–water partition coefficient (Wildman–Crippen LogP) is 2.22. The molecular formula is C14H30N2OS. The second-order valence-electron chi connectivity index (χ2n) is 6.29. The van der Waals surface area contributed by atoms with E-state index in [1.54, 1.807) is 7.11 Å². The highest BCUT2D eigenvalue weighted by Gasteiger charge is 2.31. The molecule has 0 bridgehead atoms. The van der Waals surface area contributed by atoms with Crippen molar-refractivity contribution in [2.75, 3.05) is 32.6 Å². The van der Waals surface area contributed by atoms with E-state index in [-0.39, 0.29) is 5.54 Å². The number of hydrogen-bond donors (Lipinski definition) is 1. The molecule has 4 heteroatoms. The minimum atomic E-state index is 0.172. The molecule has 0 radical (unpaired) electrons. The first-order chi connectivity index (χ1) is 8.35. The largest absolute Gasteiger partial charge is 0.383 e. The van der Waals surface area contributed by atoms with E-state index in [4.69, 9.17) is 4.74 Å². The summed E-state index contributed by atoms with van der Waals surface area (Å²) in [6.45, 7) is 14.3. The highest BCUT2D eigenvalue weighted by molar-refractivity contribution is 8.00. The molecule has 1 heterocycles. The van der Waals surface area contributed by atoms with E-state index >= 15 is 0 Å². The van der Waals surface area contributed by atoms with Crippen molar-refractivity contribution in [2.24, 2.45) is 0 Å². The summed E-state index contributed by atoms with van der Waals surface area (Å²) in [5, 5.41) is 4.33. The lowest BCUT2D eigenvalue weighted by molar-refractivity contribution is 0.0634. The van der Waals surface area contributed by atoms with E-state index < -0.39 is 0 Å². The fourth-order valence-corrected chi connectivity index (χ4v) is 3.48. The quantitative estimate of drug-likeness (QED) is 0.831. The fourth-order valence-electron chi connectivity index (χ4n) is 2.36. The molecule has 0 aliphatic carbocycles. The van der Waals surface area contributed by atoms with Crippen LogP contribution in [0.25, 0.3) is 0 Å². The molecular weight excluding hydrogens is 244 g/mol. The Hall–Kier alpha value is 0.230. The molecule has 0 saturated carbocycles. The summed E-state index contributed by atoms with van der Waals surface area (Å²) in [6.07, 6.45) is 0. The van der Waals surface area contributed by atoms with Crippen LogP contribution in [0.5, 0.6) is 0 Å². The Labute approximate surface area is 117 Å². The van der Waals surface area contributed by atoms with Crippen molar-refractivity contribution in [2.45, 2.75) is 57.5 Å². The van der Waals surface area contributed by atoms with Crippen LogP contribution in [0.1, 0.15) is 34.6 Å². The Morgan fingerprint density at radius 3 is 2.61 bits per heavy atom. The first-order valence-electron chi connectivity index (χ1n) is 6.96. The second-order valence-corrected chi connectivity index (χ2v) is 7.78. The molecule has 3 unspecified atom stereocenters. The van der Waals surface area contributed by atoms with Crippen LogP contribution in [0.3, 0.4) is 0 Å². The van der Waals surface area contributed by atoms with Crippen LogP contribution < -0.4 is 5.32 Å². The lowest BCUT2D eigenvalue weighted by Gasteiger charge is -2.43. The van der Waals surface area contributed by atoms with Crippen LogP contribution >= 0.6 is 11.8 Å². The molecule has 0 aromatic heterocycles. The fraction of sp³-hybridized carbons (Fsp3) is 1.00. The molecule has 1 aliphatic rings. The molecule has 18 heavy (non-hydrogen) atoms. The Morgan fingerprint density at radius 1 is 1.39 bits per heavy atom. The third kappa shape index (κ3) is 5.08. The molecule has 1 aliphatic heterocycles. The lowest BCUT2D eigenvalue weighted by Crippen LogP contribution is -2.56. The summed E-state index contributed by atoms with van der Waals surface area (Å²) < 4.78 is 5.42. The van der Waals surface area contributed by atoms with Crippen molar-refractivity contribution in [1.82, 2.24) is 10.2 Å². The van der Waals surface area contributed by atoms with Gasteiger partial charge in [-0.15, -0.1) is 0 Å². The molecule has 3 atom stereocenters. The van der Waals surface area contributed by atoms with E-state index in [1.165, 1.54) is 12.3 Å². The van der Waals surface area contributed by atoms with Crippen molar-refractivity contribution in [1.29, 1.82) is 0 Å². The number of thioether (sulfide) groups is 1. The van der Waals surface area contributed by atoms with E-state index in [1.807, 2.05) is 0 Å². The minimum Gasteiger partial charge on any atom is -0.383 e. The molecule has 0 aromatic carbocycles. The van der Waals surface area contributed by atoms with Crippen LogP contribution in [-0.2, 0) is 4.74 Å². The van der Waals surface area contributed by atoms with Crippen molar-refractivity contribution in [3.05, 3.63) is 0 Å².